The zero-order chi connectivity index (χ0) is 13.7. The lowest BCUT2D eigenvalue weighted by Crippen LogP contribution is -2.19. The van der Waals surface area contributed by atoms with E-state index in [-0.39, 0.29) is 0 Å². The van der Waals surface area contributed by atoms with Gasteiger partial charge in [-0.05, 0) is 61.9 Å². The molecule has 1 aromatic carbocycles. The highest BCUT2D eigenvalue weighted by Gasteiger charge is 2.11. The summed E-state index contributed by atoms with van der Waals surface area (Å²) in [6.07, 6.45) is 3.33. The van der Waals surface area contributed by atoms with Crippen LogP contribution in [0.4, 0.5) is 0 Å². The third-order valence-electron chi connectivity index (χ3n) is 3.66. The Bertz CT molecular complexity index is 515. The summed E-state index contributed by atoms with van der Waals surface area (Å²) in [6, 6.07) is 13.2. The van der Waals surface area contributed by atoms with Crippen LogP contribution >= 0.6 is 11.3 Å². The molecule has 2 N–H and O–H groups in total. The number of benzene rings is 1. The Kier molecular flexibility index (Phi) is 5.17. The van der Waals surface area contributed by atoms with Crippen LogP contribution in [0.25, 0.3) is 0 Å². The number of rotatable bonds is 6. The van der Waals surface area contributed by atoms with Crippen molar-refractivity contribution in [1.29, 1.82) is 0 Å². The fourth-order valence-corrected chi connectivity index (χ4v) is 3.47. The van der Waals surface area contributed by atoms with Crippen molar-refractivity contribution >= 4 is 11.3 Å². The molecule has 1 heterocycles. The average molecular weight is 273 g/mol. The average Bonchev–Trinajstić information content (AvgIpc) is 2.88. The lowest BCUT2D eigenvalue weighted by Gasteiger charge is -2.15. The maximum atomic E-state index is 5.96. The van der Waals surface area contributed by atoms with Gasteiger partial charge < -0.3 is 5.73 Å². The highest BCUT2D eigenvalue weighted by Crippen LogP contribution is 2.22. The van der Waals surface area contributed by atoms with E-state index in [4.69, 9.17) is 5.73 Å². The standard InChI is InChI=1S/C17H23NS/c1-3-16-8-9-17(19-16)11-14(12-18)10-15-7-5-4-6-13(15)2/h4-9,14H,3,10-12,18H2,1-2H3. The Balaban J connectivity index is 2.02. The molecule has 0 saturated heterocycles. The van der Waals surface area contributed by atoms with Crippen molar-refractivity contribution in [2.45, 2.75) is 33.1 Å². The monoisotopic (exact) mass is 273 g/mol. The molecule has 0 fully saturated rings. The van der Waals surface area contributed by atoms with Gasteiger partial charge in [0.2, 0.25) is 0 Å². The number of hydrogen-bond donors (Lipinski definition) is 1. The quantitative estimate of drug-likeness (QED) is 0.846. The van der Waals surface area contributed by atoms with Crippen molar-refractivity contribution in [2.24, 2.45) is 11.7 Å². The Morgan fingerprint density at radius 2 is 1.79 bits per heavy atom. The second kappa shape index (κ2) is 6.88. The van der Waals surface area contributed by atoms with Crippen molar-refractivity contribution in [3.63, 3.8) is 0 Å². The van der Waals surface area contributed by atoms with E-state index in [1.165, 1.54) is 20.9 Å². The predicted octanol–water partition coefficient (Wildman–Crippen LogP) is 3.98. The molecule has 0 bridgehead atoms. The summed E-state index contributed by atoms with van der Waals surface area (Å²) in [5.41, 5.74) is 8.77. The van der Waals surface area contributed by atoms with Gasteiger partial charge in [0.25, 0.3) is 0 Å². The Labute approximate surface area is 120 Å². The summed E-state index contributed by atoms with van der Waals surface area (Å²) in [5.74, 6) is 0.546. The third-order valence-corrected chi connectivity index (χ3v) is 4.91. The lowest BCUT2D eigenvalue weighted by atomic mass is 9.93. The van der Waals surface area contributed by atoms with Gasteiger partial charge in [0.1, 0.15) is 0 Å². The molecule has 1 atom stereocenters. The van der Waals surface area contributed by atoms with Crippen LogP contribution in [-0.2, 0) is 19.3 Å². The maximum absolute atomic E-state index is 5.96. The number of hydrogen-bond acceptors (Lipinski definition) is 2. The smallest absolute Gasteiger partial charge is 0.00515 e. The first-order valence-corrected chi connectivity index (χ1v) is 7.86. The van der Waals surface area contributed by atoms with E-state index >= 15 is 0 Å². The zero-order valence-corrected chi connectivity index (χ0v) is 12.7. The number of thiophene rings is 1. The molecular formula is C17H23NS. The molecule has 19 heavy (non-hydrogen) atoms. The summed E-state index contributed by atoms with van der Waals surface area (Å²) in [5, 5.41) is 0. The van der Waals surface area contributed by atoms with Gasteiger partial charge in [-0.3, -0.25) is 0 Å². The maximum Gasteiger partial charge on any atom is 0.00515 e. The van der Waals surface area contributed by atoms with Crippen LogP contribution in [0.15, 0.2) is 36.4 Å². The first-order valence-electron chi connectivity index (χ1n) is 7.05. The lowest BCUT2D eigenvalue weighted by molar-refractivity contribution is 0.536. The molecular weight excluding hydrogens is 250 g/mol. The molecule has 2 heteroatoms. The Morgan fingerprint density at radius 3 is 2.42 bits per heavy atom. The summed E-state index contributed by atoms with van der Waals surface area (Å²) < 4.78 is 0. The first kappa shape index (κ1) is 14.3. The first-order chi connectivity index (χ1) is 9.22. The summed E-state index contributed by atoms with van der Waals surface area (Å²) >= 11 is 1.94. The summed E-state index contributed by atoms with van der Waals surface area (Å²) in [7, 11) is 0. The van der Waals surface area contributed by atoms with Crippen LogP contribution in [-0.4, -0.2) is 6.54 Å². The molecule has 102 valence electrons. The van der Waals surface area contributed by atoms with Crippen LogP contribution in [0.2, 0.25) is 0 Å². The molecule has 0 aliphatic carbocycles. The van der Waals surface area contributed by atoms with E-state index in [1.54, 1.807) is 0 Å². The molecule has 2 rings (SSSR count). The van der Waals surface area contributed by atoms with Crippen molar-refractivity contribution in [3.05, 3.63) is 57.3 Å². The van der Waals surface area contributed by atoms with Gasteiger partial charge in [0.15, 0.2) is 0 Å². The van der Waals surface area contributed by atoms with Crippen LogP contribution in [0.3, 0.4) is 0 Å². The fourth-order valence-electron chi connectivity index (χ4n) is 2.40. The molecule has 0 aliphatic rings. The van der Waals surface area contributed by atoms with Gasteiger partial charge in [-0.25, -0.2) is 0 Å². The highest BCUT2D eigenvalue weighted by atomic mass is 32.1. The van der Waals surface area contributed by atoms with E-state index in [0.717, 1.165) is 25.8 Å². The van der Waals surface area contributed by atoms with Crippen LogP contribution < -0.4 is 5.73 Å². The fraction of sp³-hybridized carbons (Fsp3) is 0.412. The molecule has 0 saturated carbocycles. The highest BCUT2D eigenvalue weighted by molar-refractivity contribution is 7.11. The van der Waals surface area contributed by atoms with Gasteiger partial charge in [-0.2, -0.15) is 0 Å². The van der Waals surface area contributed by atoms with Gasteiger partial charge in [0.05, 0.1) is 0 Å². The minimum atomic E-state index is 0.546. The van der Waals surface area contributed by atoms with Crippen molar-refractivity contribution < 1.29 is 0 Å². The number of nitrogens with two attached hydrogens (primary N) is 1. The van der Waals surface area contributed by atoms with Crippen molar-refractivity contribution in [2.75, 3.05) is 6.54 Å². The van der Waals surface area contributed by atoms with E-state index in [2.05, 4.69) is 50.2 Å². The zero-order valence-electron chi connectivity index (χ0n) is 11.9. The largest absolute Gasteiger partial charge is 0.330 e. The molecule has 0 aliphatic heterocycles. The van der Waals surface area contributed by atoms with E-state index in [0.29, 0.717) is 5.92 Å². The second-order valence-corrected chi connectivity index (χ2v) is 6.41. The minimum Gasteiger partial charge on any atom is -0.330 e. The van der Waals surface area contributed by atoms with Crippen LogP contribution in [0, 0.1) is 12.8 Å². The topological polar surface area (TPSA) is 26.0 Å². The molecule has 0 amide bonds. The van der Waals surface area contributed by atoms with E-state index in [9.17, 15) is 0 Å². The SMILES string of the molecule is CCc1ccc(CC(CN)Cc2ccccc2C)s1. The molecule has 0 radical (unpaired) electrons. The Hall–Kier alpha value is -1.12. The van der Waals surface area contributed by atoms with Gasteiger partial charge in [0, 0.05) is 9.75 Å². The molecule has 1 aromatic heterocycles. The van der Waals surface area contributed by atoms with Crippen LogP contribution in [0.5, 0.6) is 0 Å². The minimum absolute atomic E-state index is 0.546. The van der Waals surface area contributed by atoms with Gasteiger partial charge in [-0.1, -0.05) is 31.2 Å². The molecule has 1 nitrogen and oxygen atoms in total. The normalized spacial score (nSPS) is 12.6. The number of aryl methyl sites for hydroxylation is 2. The van der Waals surface area contributed by atoms with Crippen molar-refractivity contribution in [3.8, 4) is 0 Å². The summed E-state index contributed by atoms with van der Waals surface area (Å²) in [6.45, 7) is 5.15. The molecule has 2 aromatic rings. The van der Waals surface area contributed by atoms with E-state index in [1.807, 2.05) is 11.3 Å². The van der Waals surface area contributed by atoms with Gasteiger partial charge >= 0.3 is 0 Å². The molecule has 0 spiro atoms. The van der Waals surface area contributed by atoms with Gasteiger partial charge in [-0.15, -0.1) is 11.3 Å². The second-order valence-electron chi connectivity index (χ2n) is 5.16. The Morgan fingerprint density at radius 1 is 1.05 bits per heavy atom. The molecule has 1 unspecified atom stereocenters. The summed E-state index contributed by atoms with van der Waals surface area (Å²) in [4.78, 5) is 2.95. The predicted molar refractivity (Wildman–Crippen MR) is 84.8 cm³/mol. The van der Waals surface area contributed by atoms with Crippen molar-refractivity contribution in [1.82, 2.24) is 0 Å². The van der Waals surface area contributed by atoms with E-state index < -0.39 is 0 Å². The van der Waals surface area contributed by atoms with Crippen LogP contribution in [0.1, 0.15) is 27.8 Å². The third kappa shape index (κ3) is 3.92.